The third kappa shape index (κ3) is 3.49. The zero-order chi connectivity index (χ0) is 17.1. The smallest absolute Gasteiger partial charge is 0.199 e. The van der Waals surface area contributed by atoms with Gasteiger partial charge in [-0.05, 0) is 48.9 Å². The lowest BCUT2D eigenvalue weighted by atomic mass is 10.1. The topological polar surface area (TPSA) is 39.1 Å². The molecule has 0 amide bonds. The van der Waals surface area contributed by atoms with Crippen molar-refractivity contribution in [3.05, 3.63) is 58.6 Å². The third-order valence-electron chi connectivity index (χ3n) is 4.04. The van der Waals surface area contributed by atoms with Crippen molar-refractivity contribution in [1.29, 1.82) is 0 Å². The fourth-order valence-electron chi connectivity index (χ4n) is 2.67. The van der Waals surface area contributed by atoms with Gasteiger partial charge in [-0.15, -0.1) is 5.10 Å². The van der Waals surface area contributed by atoms with E-state index in [4.69, 9.17) is 16.6 Å². The van der Waals surface area contributed by atoms with Gasteiger partial charge in [0.25, 0.3) is 0 Å². The van der Waals surface area contributed by atoms with Crippen LogP contribution < -0.4 is 0 Å². The second-order valence-corrected chi connectivity index (χ2v) is 6.33. The minimum Gasteiger partial charge on any atom is -0.461 e. The van der Waals surface area contributed by atoms with E-state index in [0.717, 1.165) is 24.6 Å². The molecule has 0 atom stereocenters. The summed E-state index contributed by atoms with van der Waals surface area (Å²) < 4.78 is 9.81. The van der Waals surface area contributed by atoms with E-state index < -0.39 is 0 Å². The number of rotatable bonds is 6. The second kappa shape index (κ2) is 7.15. The summed E-state index contributed by atoms with van der Waals surface area (Å²) in [5.74, 6) is 1.46. The zero-order valence-corrected chi connectivity index (χ0v) is 15.1. The summed E-state index contributed by atoms with van der Waals surface area (Å²) in [5, 5.41) is 4.60. The van der Waals surface area contributed by atoms with Crippen molar-refractivity contribution in [1.82, 2.24) is 19.2 Å². The summed E-state index contributed by atoms with van der Waals surface area (Å²) in [6.45, 7) is 3.64. The molecule has 0 aliphatic heterocycles. The van der Waals surface area contributed by atoms with E-state index in [1.54, 1.807) is 6.26 Å². The molecule has 0 radical (unpaired) electrons. The molecule has 0 N–H and O–H groups in total. The summed E-state index contributed by atoms with van der Waals surface area (Å²) in [5.41, 5.74) is 2.64. The highest BCUT2D eigenvalue weighted by Crippen LogP contribution is 2.18. The van der Waals surface area contributed by atoms with Crippen LogP contribution in [0.25, 0.3) is 11.6 Å². The Labute approximate surface area is 147 Å². The lowest BCUT2D eigenvalue weighted by molar-refractivity contribution is 0.244. The van der Waals surface area contributed by atoms with Gasteiger partial charge in [0.05, 0.1) is 12.9 Å². The summed E-state index contributed by atoms with van der Waals surface area (Å²) in [7, 11) is 3.98. The Morgan fingerprint density at radius 2 is 1.88 bits per heavy atom. The van der Waals surface area contributed by atoms with Gasteiger partial charge in [0.15, 0.2) is 16.4 Å². The van der Waals surface area contributed by atoms with Gasteiger partial charge in [-0.3, -0.25) is 4.90 Å². The van der Waals surface area contributed by atoms with E-state index in [1.165, 1.54) is 11.1 Å². The molecule has 126 valence electrons. The minimum atomic E-state index is 0.628. The number of aryl methyl sites for hydroxylation is 1. The van der Waals surface area contributed by atoms with Crippen LogP contribution >= 0.6 is 12.2 Å². The molecule has 0 saturated carbocycles. The lowest BCUT2D eigenvalue weighted by Gasteiger charge is -2.16. The van der Waals surface area contributed by atoms with Crippen molar-refractivity contribution in [3.63, 3.8) is 0 Å². The van der Waals surface area contributed by atoms with Gasteiger partial charge in [0.1, 0.15) is 0 Å². The van der Waals surface area contributed by atoms with Gasteiger partial charge in [0.2, 0.25) is 0 Å². The SMILES string of the molecule is CCc1ccc(CN(C)Cn2nc(-c3ccco3)n(C)c2=S)cc1. The quantitative estimate of drug-likeness (QED) is 0.638. The monoisotopic (exact) mass is 342 g/mol. The maximum Gasteiger partial charge on any atom is 0.199 e. The van der Waals surface area contributed by atoms with Crippen molar-refractivity contribution in [2.24, 2.45) is 7.05 Å². The molecule has 0 saturated heterocycles. The van der Waals surface area contributed by atoms with Gasteiger partial charge in [-0.25, -0.2) is 4.68 Å². The summed E-state index contributed by atoms with van der Waals surface area (Å²) in [6.07, 6.45) is 2.71. The first-order chi connectivity index (χ1) is 11.6. The van der Waals surface area contributed by atoms with Crippen LogP contribution in [0, 0.1) is 4.77 Å². The van der Waals surface area contributed by atoms with E-state index in [9.17, 15) is 0 Å². The van der Waals surface area contributed by atoms with Crippen molar-refractivity contribution >= 4 is 12.2 Å². The minimum absolute atomic E-state index is 0.628. The average Bonchev–Trinajstić information content (AvgIpc) is 3.20. The first-order valence-electron chi connectivity index (χ1n) is 8.02. The molecule has 2 aromatic heterocycles. The standard InChI is InChI=1S/C18H22N4OS/c1-4-14-7-9-15(10-8-14)12-20(2)13-22-18(24)21(3)17(19-22)16-6-5-11-23-16/h5-11H,4,12-13H2,1-3H3. The molecule has 0 aliphatic carbocycles. The van der Waals surface area contributed by atoms with Crippen molar-refractivity contribution in [2.45, 2.75) is 26.6 Å². The molecule has 3 aromatic rings. The Hall–Kier alpha value is -2.18. The Bertz CT molecular complexity index is 846. The van der Waals surface area contributed by atoms with E-state index in [-0.39, 0.29) is 0 Å². The normalized spacial score (nSPS) is 11.3. The van der Waals surface area contributed by atoms with Crippen LogP contribution in [-0.4, -0.2) is 26.3 Å². The first-order valence-corrected chi connectivity index (χ1v) is 8.43. The zero-order valence-electron chi connectivity index (χ0n) is 14.3. The molecular weight excluding hydrogens is 320 g/mol. The summed E-state index contributed by atoms with van der Waals surface area (Å²) >= 11 is 5.50. The summed E-state index contributed by atoms with van der Waals surface area (Å²) in [4.78, 5) is 2.19. The molecular formula is C18H22N4OS. The summed E-state index contributed by atoms with van der Waals surface area (Å²) in [6, 6.07) is 12.5. The Kier molecular flexibility index (Phi) is 4.97. The van der Waals surface area contributed by atoms with Crippen LogP contribution in [0.2, 0.25) is 0 Å². The number of aromatic nitrogens is 3. The maximum absolute atomic E-state index is 5.50. The van der Waals surface area contributed by atoms with E-state index in [1.807, 2.05) is 28.4 Å². The molecule has 1 aromatic carbocycles. The molecule has 0 spiro atoms. The van der Waals surface area contributed by atoms with Crippen LogP contribution in [0.1, 0.15) is 18.1 Å². The van der Waals surface area contributed by atoms with Gasteiger partial charge in [0, 0.05) is 13.6 Å². The molecule has 0 unspecified atom stereocenters. The molecule has 3 rings (SSSR count). The van der Waals surface area contributed by atoms with Gasteiger partial charge < -0.3 is 8.98 Å². The molecule has 6 heteroatoms. The Morgan fingerprint density at radius 3 is 2.50 bits per heavy atom. The molecule has 0 fully saturated rings. The largest absolute Gasteiger partial charge is 0.461 e. The molecule has 0 bridgehead atoms. The molecule has 2 heterocycles. The highest BCUT2D eigenvalue weighted by Gasteiger charge is 2.13. The molecule has 5 nitrogen and oxygen atoms in total. The van der Waals surface area contributed by atoms with Crippen molar-refractivity contribution in [2.75, 3.05) is 7.05 Å². The predicted octanol–water partition coefficient (Wildman–Crippen LogP) is 3.86. The van der Waals surface area contributed by atoms with Crippen LogP contribution in [0.4, 0.5) is 0 Å². The van der Waals surface area contributed by atoms with E-state index in [2.05, 4.69) is 48.2 Å². The number of benzene rings is 1. The molecule has 24 heavy (non-hydrogen) atoms. The van der Waals surface area contributed by atoms with Crippen LogP contribution in [0.3, 0.4) is 0 Å². The Morgan fingerprint density at radius 1 is 1.17 bits per heavy atom. The number of nitrogens with zero attached hydrogens (tertiary/aromatic N) is 4. The van der Waals surface area contributed by atoms with Crippen molar-refractivity contribution < 1.29 is 4.42 Å². The van der Waals surface area contributed by atoms with Crippen LogP contribution in [0.15, 0.2) is 47.1 Å². The molecule has 0 aliphatic rings. The first kappa shape index (κ1) is 16.7. The van der Waals surface area contributed by atoms with Gasteiger partial charge in [-0.2, -0.15) is 0 Å². The van der Waals surface area contributed by atoms with E-state index in [0.29, 0.717) is 11.4 Å². The van der Waals surface area contributed by atoms with Gasteiger partial charge >= 0.3 is 0 Å². The number of furan rings is 1. The average molecular weight is 342 g/mol. The second-order valence-electron chi connectivity index (χ2n) is 5.97. The van der Waals surface area contributed by atoms with Crippen LogP contribution in [-0.2, 0) is 26.7 Å². The third-order valence-corrected chi connectivity index (χ3v) is 4.53. The maximum atomic E-state index is 5.50. The fourth-order valence-corrected chi connectivity index (χ4v) is 2.86. The predicted molar refractivity (Wildman–Crippen MR) is 97.0 cm³/mol. The highest BCUT2D eigenvalue weighted by atomic mass is 32.1. The van der Waals surface area contributed by atoms with Gasteiger partial charge in [-0.1, -0.05) is 31.2 Å². The van der Waals surface area contributed by atoms with Crippen molar-refractivity contribution in [3.8, 4) is 11.6 Å². The number of hydrogen-bond donors (Lipinski definition) is 0. The lowest BCUT2D eigenvalue weighted by Crippen LogP contribution is -2.22. The number of hydrogen-bond acceptors (Lipinski definition) is 4. The van der Waals surface area contributed by atoms with E-state index >= 15 is 0 Å². The highest BCUT2D eigenvalue weighted by molar-refractivity contribution is 7.71. The van der Waals surface area contributed by atoms with Crippen LogP contribution in [0.5, 0.6) is 0 Å². The Balaban J connectivity index is 1.73. The fraction of sp³-hybridized carbons (Fsp3) is 0.333.